The van der Waals surface area contributed by atoms with Gasteiger partial charge in [-0.25, -0.2) is 0 Å². The van der Waals surface area contributed by atoms with E-state index in [-0.39, 0.29) is 5.54 Å². The summed E-state index contributed by atoms with van der Waals surface area (Å²) in [5.41, 5.74) is 2.56. The average Bonchev–Trinajstić information content (AvgIpc) is 3.17. The van der Waals surface area contributed by atoms with Crippen molar-refractivity contribution in [2.24, 2.45) is 5.92 Å². The lowest BCUT2D eigenvalue weighted by molar-refractivity contribution is 0.355. The van der Waals surface area contributed by atoms with E-state index >= 15 is 0 Å². The maximum Gasteiger partial charge on any atom is 0.0543 e. The van der Waals surface area contributed by atoms with E-state index in [2.05, 4.69) is 54.4 Å². The highest BCUT2D eigenvalue weighted by molar-refractivity contribution is 6.30. The van der Waals surface area contributed by atoms with Crippen molar-refractivity contribution in [1.82, 2.24) is 15.1 Å². The molecule has 130 valence electrons. The summed E-state index contributed by atoms with van der Waals surface area (Å²) in [7, 11) is 0. The van der Waals surface area contributed by atoms with E-state index in [0.29, 0.717) is 5.92 Å². The second-order valence-electron chi connectivity index (χ2n) is 7.67. The zero-order valence-electron chi connectivity index (χ0n) is 14.8. The van der Waals surface area contributed by atoms with Gasteiger partial charge in [-0.05, 0) is 57.4 Å². The van der Waals surface area contributed by atoms with Crippen LogP contribution in [0.1, 0.15) is 32.8 Å². The number of hydrogen-bond donors (Lipinski definition) is 1. The summed E-state index contributed by atoms with van der Waals surface area (Å²) in [5.74, 6) is 0.693. The molecule has 1 aromatic carbocycles. The molecule has 0 spiro atoms. The number of aromatic nitrogens is 2. The second-order valence-corrected chi connectivity index (χ2v) is 8.11. The van der Waals surface area contributed by atoms with Crippen molar-refractivity contribution in [2.75, 3.05) is 24.5 Å². The molecule has 1 unspecified atom stereocenters. The summed E-state index contributed by atoms with van der Waals surface area (Å²) < 4.78 is 2.03. The third-order valence-electron chi connectivity index (χ3n) is 4.56. The molecular weight excluding hydrogens is 320 g/mol. The molecule has 5 heteroatoms. The van der Waals surface area contributed by atoms with Crippen LogP contribution in [0, 0.1) is 5.92 Å². The van der Waals surface area contributed by atoms with Crippen LogP contribution in [-0.4, -0.2) is 29.4 Å². The van der Waals surface area contributed by atoms with Gasteiger partial charge in [-0.1, -0.05) is 11.6 Å². The predicted octanol–water partition coefficient (Wildman–Crippen LogP) is 3.91. The van der Waals surface area contributed by atoms with Gasteiger partial charge in [0, 0.05) is 48.6 Å². The largest absolute Gasteiger partial charge is 0.371 e. The maximum atomic E-state index is 5.97. The van der Waals surface area contributed by atoms with E-state index in [1.54, 1.807) is 0 Å². The number of nitrogens with one attached hydrogen (secondary N) is 1. The highest BCUT2D eigenvalue weighted by Gasteiger charge is 2.22. The molecule has 1 saturated heterocycles. The lowest BCUT2D eigenvalue weighted by Crippen LogP contribution is -2.26. The molecule has 24 heavy (non-hydrogen) atoms. The lowest BCUT2D eigenvalue weighted by Gasteiger charge is -2.19. The first-order chi connectivity index (χ1) is 11.4. The van der Waals surface area contributed by atoms with Crippen molar-refractivity contribution >= 4 is 17.3 Å². The molecule has 1 aliphatic heterocycles. The molecule has 1 aromatic heterocycles. The molecule has 2 heterocycles. The Hall–Kier alpha value is -1.52. The van der Waals surface area contributed by atoms with Gasteiger partial charge in [0.2, 0.25) is 0 Å². The van der Waals surface area contributed by atoms with Crippen molar-refractivity contribution in [2.45, 2.75) is 39.3 Å². The van der Waals surface area contributed by atoms with Crippen molar-refractivity contribution < 1.29 is 0 Å². The van der Waals surface area contributed by atoms with Gasteiger partial charge in [0.25, 0.3) is 0 Å². The van der Waals surface area contributed by atoms with Gasteiger partial charge < -0.3 is 10.2 Å². The molecular formula is C19H27ClN4. The van der Waals surface area contributed by atoms with Crippen LogP contribution in [0.4, 0.5) is 5.69 Å². The van der Waals surface area contributed by atoms with Gasteiger partial charge >= 0.3 is 0 Å². The monoisotopic (exact) mass is 346 g/mol. The first kappa shape index (κ1) is 17.3. The van der Waals surface area contributed by atoms with Crippen LogP contribution in [0.15, 0.2) is 36.7 Å². The topological polar surface area (TPSA) is 33.1 Å². The fourth-order valence-corrected chi connectivity index (χ4v) is 3.25. The summed E-state index contributed by atoms with van der Waals surface area (Å²) in [5, 5.41) is 8.84. The van der Waals surface area contributed by atoms with Gasteiger partial charge in [-0.15, -0.1) is 0 Å². The molecule has 1 N–H and O–H groups in total. The molecule has 3 rings (SSSR count). The number of benzene rings is 1. The van der Waals surface area contributed by atoms with Gasteiger partial charge in [0.1, 0.15) is 0 Å². The Labute approximate surface area is 149 Å². The Morgan fingerprint density at radius 2 is 2.00 bits per heavy atom. The molecule has 0 aliphatic carbocycles. The quantitative estimate of drug-likeness (QED) is 0.891. The Morgan fingerprint density at radius 1 is 1.25 bits per heavy atom. The summed E-state index contributed by atoms with van der Waals surface area (Å²) in [6.45, 7) is 10.7. The Balaban J connectivity index is 1.45. The van der Waals surface area contributed by atoms with Crippen LogP contribution >= 0.6 is 11.6 Å². The zero-order chi connectivity index (χ0) is 17.2. The van der Waals surface area contributed by atoms with Crippen LogP contribution in [0.25, 0.3) is 0 Å². The van der Waals surface area contributed by atoms with E-state index in [0.717, 1.165) is 31.2 Å². The third-order valence-corrected chi connectivity index (χ3v) is 4.82. The standard InChI is InChI=1S/C19H27ClN4/c1-19(2,3)24-14-16(12-22-24)11-21-10-15-8-9-23(13-15)18-6-4-17(20)5-7-18/h4-7,12,14-15,21H,8-11,13H2,1-3H3. The van der Waals surface area contributed by atoms with Crippen LogP contribution < -0.4 is 10.2 Å². The van der Waals surface area contributed by atoms with Crippen molar-refractivity contribution in [3.8, 4) is 0 Å². The normalized spacial score (nSPS) is 18.3. The number of nitrogens with zero attached hydrogens (tertiary/aromatic N) is 3. The van der Waals surface area contributed by atoms with E-state index in [1.807, 2.05) is 23.0 Å². The number of hydrogen-bond acceptors (Lipinski definition) is 3. The lowest BCUT2D eigenvalue weighted by atomic mass is 10.1. The van der Waals surface area contributed by atoms with Gasteiger partial charge in [0.15, 0.2) is 0 Å². The molecule has 0 radical (unpaired) electrons. The molecule has 2 aromatic rings. The van der Waals surface area contributed by atoms with Gasteiger partial charge in [-0.3, -0.25) is 4.68 Å². The average molecular weight is 347 g/mol. The van der Waals surface area contributed by atoms with Crippen LogP contribution in [0.3, 0.4) is 0 Å². The second kappa shape index (κ2) is 7.16. The first-order valence-electron chi connectivity index (χ1n) is 8.67. The fourth-order valence-electron chi connectivity index (χ4n) is 3.12. The minimum absolute atomic E-state index is 0.0444. The predicted molar refractivity (Wildman–Crippen MR) is 101 cm³/mol. The van der Waals surface area contributed by atoms with Crippen molar-refractivity contribution in [3.05, 3.63) is 47.2 Å². The number of halogens is 1. The molecule has 0 saturated carbocycles. The summed E-state index contributed by atoms with van der Waals surface area (Å²) in [4.78, 5) is 2.44. The Morgan fingerprint density at radius 3 is 2.67 bits per heavy atom. The summed E-state index contributed by atoms with van der Waals surface area (Å²) in [6, 6.07) is 8.16. The van der Waals surface area contributed by atoms with E-state index in [4.69, 9.17) is 11.6 Å². The fraction of sp³-hybridized carbons (Fsp3) is 0.526. The molecule has 0 amide bonds. The smallest absolute Gasteiger partial charge is 0.0543 e. The van der Waals surface area contributed by atoms with Gasteiger partial charge in [0.05, 0.1) is 11.7 Å². The summed E-state index contributed by atoms with van der Waals surface area (Å²) >= 11 is 5.97. The third kappa shape index (κ3) is 4.31. The molecule has 1 fully saturated rings. The summed E-state index contributed by atoms with van der Waals surface area (Å²) in [6.07, 6.45) is 5.34. The zero-order valence-corrected chi connectivity index (χ0v) is 15.6. The minimum Gasteiger partial charge on any atom is -0.371 e. The minimum atomic E-state index is 0.0444. The number of rotatable bonds is 5. The van der Waals surface area contributed by atoms with Crippen LogP contribution in [0.2, 0.25) is 5.02 Å². The van der Waals surface area contributed by atoms with Gasteiger partial charge in [-0.2, -0.15) is 5.10 Å². The first-order valence-corrected chi connectivity index (χ1v) is 9.05. The van der Waals surface area contributed by atoms with E-state index < -0.39 is 0 Å². The van der Waals surface area contributed by atoms with Crippen molar-refractivity contribution in [3.63, 3.8) is 0 Å². The SMILES string of the molecule is CC(C)(C)n1cc(CNCC2CCN(c3ccc(Cl)cc3)C2)cn1. The van der Waals surface area contributed by atoms with E-state index in [9.17, 15) is 0 Å². The Bertz CT molecular complexity index is 657. The molecule has 1 aliphatic rings. The number of anilines is 1. The Kier molecular flexibility index (Phi) is 5.16. The van der Waals surface area contributed by atoms with Crippen molar-refractivity contribution in [1.29, 1.82) is 0 Å². The van der Waals surface area contributed by atoms with Crippen LogP contribution in [-0.2, 0) is 12.1 Å². The molecule has 1 atom stereocenters. The highest BCUT2D eigenvalue weighted by Crippen LogP contribution is 2.24. The molecule has 4 nitrogen and oxygen atoms in total. The van der Waals surface area contributed by atoms with Crippen LogP contribution in [0.5, 0.6) is 0 Å². The molecule has 0 bridgehead atoms. The maximum absolute atomic E-state index is 5.97. The van der Waals surface area contributed by atoms with E-state index in [1.165, 1.54) is 17.7 Å². The highest BCUT2D eigenvalue weighted by atomic mass is 35.5.